The summed E-state index contributed by atoms with van der Waals surface area (Å²) in [6.45, 7) is 6.36. The molecule has 0 aliphatic carbocycles. The van der Waals surface area contributed by atoms with Gasteiger partial charge in [0, 0.05) is 43.4 Å². The Morgan fingerprint density at radius 3 is 3.10 bits per heavy atom. The van der Waals surface area contributed by atoms with Gasteiger partial charge in [-0.15, -0.1) is 11.3 Å². The Morgan fingerprint density at radius 2 is 2.33 bits per heavy atom. The van der Waals surface area contributed by atoms with Crippen molar-refractivity contribution in [1.29, 1.82) is 0 Å². The molecule has 3 rings (SSSR count). The van der Waals surface area contributed by atoms with Crippen LogP contribution in [0.4, 0.5) is 0 Å². The molecule has 0 aromatic carbocycles. The molecule has 1 amide bonds. The molecule has 1 unspecified atom stereocenters. The highest BCUT2D eigenvalue weighted by Crippen LogP contribution is 2.11. The van der Waals surface area contributed by atoms with Gasteiger partial charge in [-0.05, 0) is 6.92 Å². The number of nitrogens with zero attached hydrogens (tertiary/aromatic N) is 3. The SMILES string of the molecule is CC(CN1CCOCC1)NC(=O)Cc1cn2ccsc2n1. The van der Waals surface area contributed by atoms with E-state index in [0.29, 0.717) is 6.42 Å². The van der Waals surface area contributed by atoms with Gasteiger partial charge in [-0.3, -0.25) is 14.1 Å². The summed E-state index contributed by atoms with van der Waals surface area (Å²) < 4.78 is 7.27. The first-order valence-electron chi connectivity index (χ1n) is 7.21. The van der Waals surface area contributed by atoms with Crippen LogP contribution >= 0.6 is 11.3 Å². The maximum absolute atomic E-state index is 12.1. The Balaban J connectivity index is 1.47. The topological polar surface area (TPSA) is 58.9 Å². The first-order chi connectivity index (χ1) is 10.2. The molecule has 1 aliphatic rings. The molecule has 7 heteroatoms. The number of morpholine rings is 1. The van der Waals surface area contributed by atoms with Crippen LogP contribution in [-0.4, -0.2) is 59.1 Å². The molecule has 6 nitrogen and oxygen atoms in total. The van der Waals surface area contributed by atoms with Crippen molar-refractivity contribution in [2.24, 2.45) is 0 Å². The van der Waals surface area contributed by atoms with Crippen LogP contribution < -0.4 is 5.32 Å². The van der Waals surface area contributed by atoms with Gasteiger partial charge in [-0.1, -0.05) is 0 Å². The lowest BCUT2D eigenvalue weighted by molar-refractivity contribution is -0.121. The molecule has 2 aromatic rings. The standard InChI is InChI=1S/C14H20N4O2S/c1-11(9-17-2-5-20-6-3-17)15-13(19)8-12-10-18-4-7-21-14(18)16-12/h4,7,10-11H,2-3,5-6,8-9H2,1H3,(H,15,19). The molecule has 0 bridgehead atoms. The molecule has 21 heavy (non-hydrogen) atoms. The number of amides is 1. The maximum Gasteiger partial charge on any atom is 0.226 e. The smallest absolute Gasteiger partial charge is 0.226 e. The normalized spacial score (nSPS) is 18.0. The Labute approximate surface area is 127 Å². The van der Waals surface area contributed by atoms with Crippen molar-refractivity contribution in [2.75, 3.05) is 32.8 Å². The molecular formula is C14H20N4O2S. The van der Waals surface area contributed by atoms with E-state index in [1.807, 2.05) is 29.1 Å². The van der Waals surface area contributed by atoms with Gasteiger partial charge in [0.05, 0.1) is 25.3 Å². The van der Waals surface area contributed by atoms with Gasteiger partial charge < -0.3 is 10.1 Å². The molecule has 1 N–H and O–H groups in total. The monoisotopic (exact) mass is 308 g/mol. The number of carbonyl (C=O) groups excluding carboxylic acids is 1. The fourth-order valence-corrected chi connectivity index (χ4v) is 3.29. The van der Waals surface area contributed by atoms with E-state index in [2.05, 4.69) is 15.2 Å². The summed E-state index contributed by atoms with van der Waals surface area (Å²) in [5.74, 6) is 0.0292. The number of thiazole rings is 1. The van der Waals surface area contributed by atoms with E-state index in [1.54, 1.807) is 11.3 Å². The quantitative estimate of drug-likeness (QED) is 0.886. The Kier molecular flexibility index (Phi) is 4.52. The van der Waals surface area contributed by atoms with Crippen molar-refractivity contribution in [3.05, 3.63) is 23.5 Å². The highest BCUT2D eigenvalue weighted by Gasteiger charge is 2.16. The average molecular weight is 308 g/mol. The van der Waals surface area contributed by atoms with Gasteiger partial charge in [-0.25, -0.2) is 4.98 Å². The predicted molar refractivity (Wildman–Crippen MR) is 81.6 cm³/mol. The molecule has 1 fully saturated rings. The zero-order valence-electron chi connectivity index (χ0n) is 12.1. The molecule has 0 spiro atoms. The minimum atomic E-state index is 0.0292. The van der Waals surface area contributed by atoms with Crippen LogP contribution in [0.15, 0.2) is 17.8 Å². The zero-order chi connectivity index (χ0) is 14.7. The van der Waals surface area contributed by atoms with E-state index < -0.39 is 0 Å². The van der Waals surface area contributed by atoms with Gasteiger partial charge in [-0.2, -0.15) is 0 Å². The Hall–Kier alpha value is -1.44. The van der Waals surface area contributed by atoms with E-state index >= 15 is 0 Å². The Bertz CT molecular complexity index is 574. The van der Waals surface area contributed by atoms with E-state index in [0.717, 1.165) is 43.5 Å². The summed E-state index contributed by atoms with van der Waals surface area (Å²) in [5, 5.41) is 5.03. The average Bonchev–Trinajstić information content (AvgIpc) is 3.00. The van der Waals surface area contributed by atoms with Gasteiger partial charge in [0.2, 0.25) is 5.91 Å². The summed E-state index contributed by atoms with van der Waals surface area (Å²) in [5.41, 5.74) is 0.818. The minimum absolute atomic E-state index is 0.0292. The molecule has 1 atom stereocenters. The second-order valence-corrected chi connectivity index (χ2v) is 6.26. The van der Waals surface area contributed by atoms with Crippen LogP contribution in [0, 0.1) is 0 Å². The van der Waals surface area contributed by atoms with E-state index in [1.165, 1.54) is 0 Å². The summed E-state index contributed by atoms with van der Waals surface area (Å²) in [6.07, 6.45) is 4.20. The van der Waals surface area contributed by atoms with Crippen LogP contribution in [0.3, 0.4) is 0 Å². The molecule has 0 saturated carbocycles. The van der Waals surface area contributed by atoms with Crippen molar-refractivity contribution in [2.45, 2.75) is 19.4 Å². The van der Waals surface area contributed by atoms with Gasteiger partial charge >= 0.3 is 0 Å². The van der Waals surface area contributed by atoms with Crippen molar-refractivity contribution in [3.63, 3.8) is 0 Å². The molecule has 114 valence electrons. The van der Waals surface area contributed by atoms with Gasteiger partial charge in [0.15, 0.2) is 4.96 Å². The second kappa shape index (κ2) is 6.55. The number of ether oxygens (including phenoxy) is 1. The second-order valence-electron chi connectivity index (χ2n) is 5.38. The van der Waals surface area contributed by atoms with Crippen molar-refractivity contribution in [3.8, 4) is 0 Å². The molecule has 1 aliphatic heterocycles. The van der Waals surface area contributed by atoms with E-state index in [4.69, 9.17) is 4.74 Å². The molecule has 0 radical (unpaired) electrons. The first kappa shape index (κ1) is 14.5. The number of carbonyl (C=O) groups is 1. The van der Waals surface area contributed by atoms with Crippen LogP contribution in [-0.2, 0) is 16.0 Å². The number of hydrogen-bond acceptors (Lipinski definition) is 5. The fraction of sp³-hybridized carbons (Fsp3) is 0.571. The van der Waals surface area contributed by atoms with Crippen molar-refractivity contribution in [1.82, 2.24) is 19.6 Å². The van der Waals surface area contributed by atoms with Crippen LogP contribution in [0.25, 0.3) is 4.96 Å². The fourth-order valence-electron chi connectivity index (χ4n) is 2.57. The van der Waals surface area contributed by atoms with E-state index in [-0.39, 0.29) is 11.9 Å². The number of aromatic nitrogens is 2. The van der Waals surface area contributed by atoms with Gasteiger partial charge in [0.1, 0.15) is 0 Å². The maximum atomic E-state index is 12.1. The zero-order valence-corrected chi connectivity index (χ0v) is 12.9. The number of imidazole rings is 1. The highest BCUT2D eigenvalue weighted by molar-refractivity contribution is 7.15. The third-order valence-electron chi connectivity index (χ3n) is 3.53. The number of fused-ring (bicyclic) bond motifs is 1. The molecule has 1 saturated heterocycles. The number of nitrogens with one attached hydrogen (secondary N) is 1. The third kappa shape index (κ3) is 3.81. The van der Waals surface area contributed by atoms with Crippen molar-refractivity contribution >= 4 is 22.2 Å². The Morgan fingerprint density at radius 1 is 1.52 bits per heavy atom. The number of hydrogen-bond donors (Lipinski definition) is 1. The molecular weight excluding hydrogens is 288 g/mol. The third-order valence-corrected chi connectivity index (χ3v) is 4.30. The highest BCUT2D eigenvalue weighted by atomic mass is 32.1. The summed E-state index contributed by atoms with van der Waals surface area (Å²) >= 11 is 1.57. The van der Waals surface area contributed by atoms with Gasteiger partial charge in [0.25, 0.3) is 0 Å². The largest absolute Gasteiger partial charge is 0.379 e. The first-order valence-corrected chi connectivity index (χ1v) is 8.09. The van der Waals surface area contributed by atoms with Crippen LogP contribution in [0.1, 0.15) is 12.6 Å². The number of rotatable bonds is 5. The summed E-state index contributed by atoms with van der Waals surface area (Å²) in [6, 6.07) is 0.138. The lowest BCUT2D eigenvalue weighted by Crippen LogP contribution is -2.46. The van der Waals surface area contributed by atoms with Crippen LogP contribution in [0.2, 0.25) is 0 Å². The predicted octanol–water partition coefficient (Wildman–Crippen LogP) is 0.775. The van der Waals surface area contributed by atoms with Crippen molar-refractivity contribution < 1.29 is 9.53 Å². The van der Waals surface area contributed by atoms with Crippen LogP contribution in [0.5, 0.6) is 0 Å². The lowest BCUT2D eigenvalue weighted by Gasteiger charge is -2.29. The molecule has 3 heterocycles. The lowest BCUT2D eigenvalue weighted by atomic mass is 10.2. The minimum Gasteiger partial charge on any atom is -0.379 e. The summed E-state index contributed by atoms with van der Waals surface area (Å²) in [7, 11) is 0. The van der Waals surface area contributed by atoms with E-state index in [9.17, 15) is 4.79 Å². The molecule has 2 aromatic heterocycles. The summed E-state index contributed by atoms with van der Waals surface area (Å²) in [4.78, 5) is 19.7.